The first-order chi connectivity index (χ1) is 12.5. The third-order valence-electron chi connectivity index (χ3n) is 5.87. The van der Waals surface area contributed by atoms with Gasteiger partial charge in [0.2, 0.25) is 0 Å². The van der Waals surface area contributed by atoms with Gasteiger partial charge in [0.25, 0.3) is 5.56 Å². The van der Waals surface area contributed by atoms with Gasteiger partial charge in [-0.25, -0.2) is 4.68 Å². The molecule has 0 saturated carbocycles. The molecule has 3 rings (SSSR count). The van der Waals surface area contributed by atoms with E-state index in [0.29, 0.717) is 12.6 Å². The van der Waals surface area contributed by atoms with Crippen molar-refractivity contribution < 1.29 is 0 Å². The summed E-state index contributed by atoms with van der Waals surface area (Å²) >= 11 is 0. The highest BCUT2D eigenvalue weighted by atomic mass is 16.1. The average Bonchev–Trinajstić information content (AvgIpc) is 2.76. The molecule has 1 aliphatic heterocycles. The summed E-state index contributed by atoms with van der Waals surface area (Å²) in [5, 5.41) is 3.74. The zero-order valence-electron chi connectivity index (χ0n) is 17.8. The number of para-hydroxylation sites is 1. The first kappa shape index (κ1) is 19.9. The van der Waals surface area contributed by atoms with Crippen LogP contribution < -0.4 is 10.9 Å². The fourth-order valence-corrected chi connectivity index (χ4v) is 4.76. The fraction of sp³-hybridized carbons (Fsp3) is 0.591. The number of piperidine rings is 1. The van der Waals surface area contributed by atoms with Crippen molar-refractivity contribution in [3.63, 3.8) is 0 Å². The summed E-state index contributed by atoms with van der Waals surface area (Å²) in [5.41, 5.74) is 3.10. The van der Waals surface area contributed by atoms with E-state index in [0.717, 1.165) is 29.8 Å². The van der Waals surface area contributed by atoms with Gasteiger partial charge in [0.05, 0.1) is 11.3 Å². The Labute approximate surface area is 163 Å². The maximum absolute atomic E-state index is 13.2. The molecule has 0 aliphatic carbocycles. The monoisotopic (exact) mass is 370 g/mol. The van der Waals surface area contributed by atoms with Crippen molar-refractivity contribution in [2.24, 2.45) is 7.05 Å². The van der Waals surface area contributed by atoms with Crippen molar-refractivity contribution in [1.29, 1.82) is 0 Å². The van der Waals surface area contributed by atoms with Crippen LogP contribution in [0, 0.1) is 6.92 Å². The van der Waals surface area contributed by atoms with Gasteiger partial charge in [0.1, 0.15) is 0 Å². The third kappa shape index (κ3) is 4.04. The van der Waals surface area contributed by atoms with E-state index < -0.39 is 0 Å². The Bertz CT molecular complexity index is 844. The Morgan fingerprint density at radius 3 is 2.22 bits per heavy atom. The SMILES string of the molecule is Cc1c(CN(C)C2CC(C)(C)NC(C)(C)C2)c(=O)n(-c2ccccc2)n1C. The zero-order valence-corrected chi connectivity index (χ0v) is 17.8. The second-order valence-corrected chi connectivity index (χ2v) is 9.41. The molecule has 1 aromatic carbocycles. The molecule has 27 heavy (non-hydrogen) atoms. The van der Waals surface area contributed by atoms with Crippen molar-refractivity contribution in [2.75, 3.05) is 7.05 Å². The Morgan fingerprint density at radius 1 is 1.11 bits per heavy atom. The van der Waals surface area contributed by atoms with E-state index in [1.807, 2.05) is 49.0 Å². The predicted molar refractivity (Wildman–Crippen MR) is 112 cm³/mol. The molecule has 0 bridgehead atoms. The highest BCUT2D eigenvalue weighted by Gasteiger charge is 2.39. The van der Waals surface area contributed by atoms with E-state index in [1.165, 1.54) is 0 Å². The number of rotatable bonds is 4. The van der Waals surface area contributed by atoms with Crippen molar-refractivity contribution in [3.8, 4) is 5.69 Å². The van der Waals surface area contributed by atoms with Crippen LogP contribution in [0.5, 0.6) is 0 Å². The number of nitrogens with one attached hydrogen (secondary N) is 1. The quantitative estimate of drug-likeness (QED) is 0.898. The van der Waals surface area contributed by atoms with Gasteiger partial charge >= 0.3 is 0 Å². The van der Waals surface area contributed by atoms with Crippen LogP contribution in [0.25, 0.3) is 5.69 Å². The lowest BCUT2D eigenvalue weighted by molar-refractivity contribution is 0.0774. The lowest BCUT2D eigenvalue weighted by Crippen LogP contribution is -2.61. The number of benzene rings is 1. The van der Waals surface area contributed by atoms with Crippen LogP contribution in [0.3, 0.4) is 0 Å². The molecule has 0 unspecified atom stereocenters. The molecule has 1 aliphatic rings. The van der Waals surface area contributed by atoms with Gasteiger partial charge in [0.15, 0.2) is 0 Å². The van der Waals surface area contributed by atoms with Gasteiger partial charge in [-0.3, -0.25) is 14.4 Å². The Morgan fingerprint density at radius 2 is 1.67 bits per heavy atom. The van der Waals surface area contributed by atoms with Gasteiger partial charge in [-0.15, -0.1) is 0 Å². The summed E-state index contributed by atoms with van der Waals surface area (Å²) in [4.78, 5) is 15.6. The van der Waals surface area contributed by atoms with Crippen LogP contribution in [0.15, 0.2) is 35.1 Å². The first-order valence-electron chi connectivity index (χ1n) is 9.83. The summed E-state index contributed by atoms with van der Waals surface area (Å²) in [5.74, 6) is 0. The van der Waals surface area contributed by atoms with E-state index >= 15 is 0 Å². The normalized spacial score (nSPS) is 19.6. The molecule has 0 spiro atoms. The van der Waals surface area contributed by atoms with Crippen LogP contribution in [0.4, 0.5) is 0 Å². The topological polar surface area (TPSA) is 42.2 Å². The molecule has 5 heteroatoms. The lowest BCUT2D eigenvalue weighted by atomic mass is 9.79. The Hall–Kier alpha value is -1.85. The number of nitrogens with zero attached hydrogens (tertiary/aromatic N) is 3. The Kier molecular flexibility index (Phi) is 5.12. The molecular formula is C22H34N4O. The van der Waals surface area contributed by atoms with Crippen molar-refractivity contribution in [2.45, 2.75) is 71.1 Å². The highest BCUT2D eigenvalue weighted by molar-refractivity contribution is 5.33. The van der Waals surface area contributed by atoms with Crippen molar-refractivity contribution in [3.05, 3.63) is 51.9 Å². The molecule has 0 atom stereocenters. The average molecular weight is 371 g/mol. The largest absolute Gasteiger partial charge is 0.307 e. The van der Waals surface area contributed by atoms with Crippen LogP contribution in [0.1, 0.15) is 51.8 Å². The van der Waals surface area contributed by atoms with E-state index in [9.17, 15) is 4.79 Å². The van der Waals surface area contributed by atoms with E-state index in [1.54, 1.807) is 4.68 Å². The number of hydrogen-bond donors (Lipinski definition) is 1. The summed E-state index contributed by atoms with van der Waals surface area (Å²) in [6, 6.07) is 10.3. The molecule has 2 heterocycles. The van der Waals surface area contributed by atoms with E-state index in [4.69, 9.17) is 0 Å². The second kappa shape index (κ2) is 6.95. The molecule has 1 N–H and O–H groups in total. The lowest BCUT2D eigenvalue weighted by Gasteiger charge is -2.49. The summed E-state index contributed by atoms with van der Waals surface area (Å²) in [6.45, 7) is 11.8. The van der Waals surface area contributed by atoms with E-state index in [2.05, 4.69) is 45.0 Å². The van der Waals surface area contributed by atoms with Crippen molar-refractivity contribution >= 4 is 0 Å². The molecule has 2 aromatic rings. The minimum Gasteiger partial charge on any atom is -0.307 e. The van der Waals surface area contributed by atoms with Crippen molar-refractivity contribution in [1.82, 2.24) is 19.6 Å². The highest BCUT2D eigenvalue weighted by Crippen LogP contribution is 2.31. The molecule has 0 amide bonds. The predicted octanol–water partition coefficient (Wildman–Crippen LogP) is 3.23. The summed E-state index contributed by atoms with van der Waals surface area (Å²) in [7, 11) is 4.12. The summed E-state index contributed by atoms with van der Waals surface area (Å²) in [6.07, 6.45) is 2.15. The second-order valence-electron chi connectivity index (χ2n) is 9.41. The third-order valence-corrected chi connectivity index (χ3v) is 5.87. The smallest absolute Gasteiger partial charge is 0.276 e. The van der Waals surface area contributed by atoms with Gasteiger partial charge in [0, 0.05) is 36.4 Å². The fourth-order valence-electron chi connectivity index (χ4n) is 4.76. The molecule has 1 fully saturated rings. The maximum atomic E-state index is 13.2. The number of aromatic nitrogens is 2. The van der Waals surface area contributed by atoms with Gasteiger partial charge in [-0.1, -0.05) is 18.2 Å². The minimum atomic E-state index is 0.0838. The number of hydrogen-bond acceptors (Lipinski definition) is 3. The summed E-state index contributed by atoms with van der Waals surface area (Å²) < 4.78 is 3.74. The standard InChI is InChI=1S/C22H34N4O/c1-16-19(20(27)26(25(16)7)17-11-9-8-10-12-17)15-24(6)18-13-21(2,3)23-22(4,5)14-18/h8-12,18,23H,13-15H2,1-7H3. The van der Waals surface area contributed by atoms with Gasteiger partial charge < -0.3 is 5.32 Å². The van der Waals surface area contributed by atoms with Crippen LogP contribution >= 0.6 is 0 Å². The maximum Gasteiger partial charge on any atom is 0.276 e. The Balaban J connectivity index is 1.89. The van der Waals surface area contributed by atoms with Gasteiger partial charge in [-0.05, 0) is 66.6 Å². The molecule has 1 saturated heterocycles. The van der Waals surface area contributed by atoms with E-state index in [-0.39, 0.29) is 16.6 Å². The molecule has 1 aromatic heterocycles. The zero-order chi connectivity index (χ0) is 20.0. The van der Waals surface area contributed by atoms with Crippen LogP contribution in [-0.4, -0.2) is 38.4 Å². The first-order valence-corrected chi connectivity index (χ1v) is 9.83. The molecular weight excluding hydrogens is 336 g/mol. The van der Waals surface area contributed by atoms with Gasteiger partial charge in [-0.2, -0.15) is 0 Å². The minimum absolute atomic E-state index is 0.0838. The molecule has 148 valence electrons. The van der Waals surface area contributed by atoms with Crippen LogP contribution in [-0.2, 0) is 13.6 Å². The molecule has 5 nitrogen and oxygen atoms in total. The molecule has 0 radical (unpaired) electrons. The van der Waals surface area contributed by atoms with Crippen LogP contribution in [0.2, 0.25) is 0 Å².